The summed E-state index contributed by atoms with van der Waals surface area (Å²) in [5.41, 5.74) is -0.425. The number of nitrogens with zero attached hydrogens (tertiary/aromatic N) is 1. The van der Waals surface area contributed by atoms with E-state index in [0.29, 0.717) is 12.5 Å². The molecule has 0 spiro atoms. The Kier molecular flexibility index (Phi) is 10.0. The first kappa shape index (κ1) is 21.7. The minimum atomic E-state index is -0.425. The Bertz CT molecular complexity index is 413. The van der Waals surface area contributed by atoms with Crippen LogP contribution in [0.3, 0.4) is 0 Å². The van der Waals surface area contributed by atoms with Crippen molar-refractivity contribution in [3.05, 3.63) is 0 Å². The van der Waals surface area contributed by atoms with Gasteiger partial charge >= 0.3 is 0 Å². The minimum Gasteiger partial charge on any atom is -0.351 e. The third-order valence-corrected chi connectivity index (χ3v) is 6.47. The zero-order chi connectivity index (χ0) is 18.7. The highest BCUT2D eigenvalue weighted by molar-refractivity contribution is 5.06. The van der Waals surface area contributed by atoms with E-state index in [4.69, 9.17) is 9.47 Å². The molecule has 2 aliphatic rings. The van der Waals surface area contributed by atoms with E-state index < -0.39 is 5.41 Å². The van der Waals surface area contributed by atoms with Crippen LogP contribution in [-0.4, -0.2) is 19.0 Å². The Hall–Kier alpha value is -0.590. The highest BCUT2D eigenvalue weighted by atomic mass is 16.7. The zero-order valence-corrected chi connectivity index (χ0v) is 17.3. The Morgan fingerprint density at radius 2 is 1.62 bits per heavy atom. The summed E-state index contributed by atoms with van der Waals surface area (Å²) < 4.78 is 12.7. The van der Waals surface area contributed by atoms with Gasteiger partial charge in [0, 0.05) is 5.92 Å². The Morgan fingerprint density at radius 3 is 2.31 bits per heavy atom. The van der Waals surface area contributed by atoms with Gasteiger partial charge in [0.25, 0.3) is 0 Å². The van der Waals surface area contributed by atoms with E-state index in [-0.39, 0.29) is 12.4 Å². The molecule has 2 rings (SSSR count). The van der Waals surface area contributed by atoms with Gasteiger partial charge in [-0.15, -0.1) is 0 Å². The summed E-state index contributed by atoms with van der Waals surface area (Å²) in [6, 6.07) is 2.66. The largest absolute Gasteiger partial charge is 0.351 e. The lowest BCUT2D eigenvalue weighted by atomic mass is 9.76. The van der Waals surface area contributed by atoms with Gasteiger partial charge in [0.1, 0.15) is 5.41 Å². The molecule has 3 atom stereocenters. The van der Waals surface area contributed by atoms with E-state index in [1.807, 2.05) is 0 Å². The molecule has 0 aromatic carbocycles. The summed E-state index contributed by atoms with van der Waals surface area (Å²) in [4.78, 5) is 0. The van der Waals surface area contributed by atoms with Gasteiger partial charge in [-0.2, -0.15) is 5.26 Å². The van der Waals surface area contributed by atoms with Crippen molar-refractivity contribution in [2.75, 3.05) is 6.61 Å². The van der Waals surface area contributed by atoms with Gasteiger partial charge in [-0.3, -0.25) is 0 Å². The van der Waals surface area contributed by atoms with Crippen molar-refractivity contribution in [3.8, 4) is 6.07 Å². The molecule has 0 bridgehead atoms. The minimum absolute atomic E-state index is 0.0610. The van der Waals surface area contributed by atoms with E-state index in [9.17, 15) is 5.26 Å². The van der Waals surface area contributed by atoms with Crippen LogP contribution >= 0.6 is 0 Å². The van der Waals surface area contributed by atoms with Crippen LogP contribution < -0.4 is 0 Å². The van der Waals surface area contributed by atoms with Crippen LogP contribution in [0.15, 0.2) is 0 Å². The molecular weight excluding hydrogens is 322 g/mol. The van der Waals surface area contributed by atoms with Crippen molar-refractivity contribution in [2.24, 2.45) is 11.3 Å². The monoisotopic (exact) mass is 363 g/mol. The second kappa shape index (κ2) is 12.0. The third-order valence-electron chi connectivity index (χ3n) is 6.47. The fraction of sp³-hybridized carbons (Fsp3) is 0.957. The van der Waals surface area contributed by atoms with Crippen LogP contribution in [0.4, 0.5) is 0 Å². The molecule has 0 N–H and O–H groups in total. The number of unbranched alkanes of at least 4 members (excludes halogenated alkanes) is 6. The van der Waals surface area contributed by atoms with Gasteiger partial charge in [-0.05, 0) is 25.7 Å². The predicted octanol–water partition coefficient (Wildman–Crippen LogP) is 6.76. The predicted molar refractivity (Wildman–Crippen MR) is 107 cm³/mol. The van der Waals surface area contributed by atoms with Crippen LogP contribution in [0.25, 0.3) is 0 Å². The van der Waals surface area contributed by atoms with Crippen molar-refractivity contribution in [2.45, 2.75) is 123 Å². The molecule has 3 heteroatoms. The quantitative estimate of drug-likeness (QED) is 0.381. The zero-order valence-electron chi connectivity index (χ0n) is 17.3. The molecule has 0 aromatic rings. The molecule has 1 saturated heterocycles. The first-order valence-electron chi connectivity index (χ1n) is 11.4. The van der Waals surface area contributed by atoms with Gasteiger partial charge in [0.15, 0.2) is 6.29 Å². The summed E-state index contributed by atoms with van der Waals surface area (Å²) >= 11 is 0. The average Bonchev–Trinajstić information content (AvgIpc) is 2.69. The molecule has 1 heterocycles. The van der Waals surface area contributed by atoms with Crippen LogP contribution in [0.1, 0.15) is 110 Å². The van der Waals surface area contributed by atoms with Crippen molar-refractivity contribution in [3.63, 3.8) is 0 Å². The van der Waals surface area contributed by atoms with E-state index in [0.717, 1.165) is 25.7 Å². The molecular formula is C23H41NO2. The number of hydrogen-bond acceptors (Lipinski definition) is 3. The molecule has 1 saturated carbocycles. The van der Waals surface area contributed by atoms with Gasteiger partial charge in [0.05, 0.1) is 18.8 Å². The van der Waals surface area contributed by atoms with E-state index in [2.05, 4.69) is 19.9 Å². The van der Waals surface area contributed by atoms with E-state index in [1.165, 1.54) is 70.6 Å². The van der Waals surface area contributed by atoms with Gasteiger partial charge in [-0.25, -0.2) is 0 Å². The fourth-order valence-electron chi connectivity index (χ4n) is 4.67. The molecule has 3 nitrogen and oxygen atoms in total. The lowest BCUT2D eigenvalue weighted by Gasteiger charge is -2.45. The SMILES string of the molecule is CCCCCCCC1(C#N)COC(C2CCCCC2)OC1CCCCC. The smallest absolute Gasteiger partial charge is 0.160 e. The first-order valence-corrected chi connectivity index (χ1v) is 11.4. The second-order valence-corrected chi connectivity index (χ2v) is 8.63. The molecule has 1 aliphatic heterocycles. The standard InChI is InChI=1S/C23H41NO2/c1-3-5-7-8-13-17-23(18-24)19-25-22(20-14-11-9-12-15-20)26-21(23)16-10-6-4-2/h20-22H,3-17,19H2,1-2H3. The highest BCUT2D eigenvalue weighted by Crippen LogP contribution is 2.42. The van der Waals surface area contributed by atoms with Crippen molar-refractivity contribution >= 4 is 0 Å². The summed E-state index contributed by atoms with van der Waals surface area (Å²) in [6.45, 7) is 5.06. The molecule has 0 amide bonds. The highest BCUT2D eigenvalue weighted by Gasteiger charge is 2.46. The Labute approximate surface area is 161 Å². The maximum absolute atomic E-state index is 10.1. The second-order valence-electron chi connectivity index (χ2n) is 8.63. The lowest BCUT2D eigenvalue weighted by Crippen LogP contribution is -2.50. The van der Waals surface area contributed by atoms with Crippen molar-refractivity contribution < 1.29 is 9.47 Å². The Morgan fingerprint density at radius 1 is 0.923 bits per heavy atom. The van der Waals surface area contributed by atoms with Crippen LogP contribution in [0, 0.1) is 22.7 Å². The number of hydrogen-bond donors (Lipinski definition) is 0. The topological polar surface area (TPSA) is 42.2 Å². The van der Waals surface area contributed by atoms with Crippen molar-refractivity contribution in [1.82, 2.24) is 0 Å². The maximum Gasteiger partial charge on any atom is 0.160 e. The summed E-state index contributed by atoms with van der Waals surface area (Å²) in [5.74, 6) is 0.540. The van der Waals surface area contributed by atoms with Crippen molar-refractivity contribution in [1.29, 1.82) is 5.26 Å². The van der Waals surface area contributed by atoms with Crippen LogP contribution in [-0.2, 0) is 9.47 Å². The molecule has 150 valence electrons. The molecule has 0 radical (unpaired) electrons. The molecule has 3 unspecified atom stereocenters. The number of nitriles is 1. The summed E-state index contributed by atoms with van der Waals surface area (Å²) in [5, 5.41) is 10.1. The molecule has 26 heavy (non-hydrogen) atoms. The Balaban J connectivity index is 1.95. The number of rotatable bonds is 11. The van der Waals surface area contributed by atoms with E-state index in [1.54, 1.807) is 0 Å². The lowest BCUT2D eigenvalue weighted by molar-refractivity contribution is -0.278. The summed E-state index contributed by atoms with van der Waals surface area (Å²) in [7, 11) is 0. The summed E-state index contributed by atoms with van der Waals surface area (Å²) in [6.07, 6.45) is 18.2. The fourth-order valence-corrected chi connectivity index (χ4v) is 4.67. The van der Waals surface area contributed by atoms with Crippen LogP contribution in [0.5, 0.6) is 0 Å². The first-order chi connectivity index (χ1) is 12.8. The normalized spacial score (nSPS) is 30.2. The average molecular weight is 364 g/mol. The third kappa shape index (κ3) is 6.24. The van der Waals surface area contributed by atoms with Gasteiger partial charge in [-0.1, -0.05) is 84.5 Å². The van der Waals surface area contributed by atoms with Gasteiger partial charge in [0.2, 0.25) is 0 Å². The number of ether oxygens (including phenoxy) is 2. The van der Waals surface area contributed by atoms with E-state index >= 15 is 0 Å². The van der Waals surface area contributed by atoms with Gasteiger partial charge < -0.3 is 9.47 Å². The molecule has 0 aromatic heterocycles. The molecule has 2 fully saturated rings. The maximum atomic E-state index is 10.1. The molecule has 1 aliphatic carbocycles. The van der Waals surface area contributed by atoms with Crippen LogP contribution in [0.2, 0.25) is 0 Å².